The average Bonchev–Trinajstić information content (AvgIpc) is 3.13. The van der Waals surface area contributed by atoms with Crippen LogP contribution < -0.4 is 5.32 Å². The summed E-state index contributed by atoms with van der Waals surface area (Å²) in [5.74, 6) is 0.479. The van der Waals surface area contributed by atoms with Crippen molar-refractivity contribution >= 4 is 12.0 Å². The predicted molar refractivity (Wildman–Crippen MR) is 75.0 cm³/mol. The van der Waals surface area contributed by atoms with Crippen molar-refractivity contribution < 1.29 is 19.1 Å². The number of carbonyl (C=O) groups is 1. The smallest absolute Gasteiger partial charge is 0.244 e. The summed E-state index contributed by atoms with van der Waals surface area (Å²) in [5.41, 5.74) is -0.309. The molecule has 110 valence electrons. The Balaban J connectivity index is 1.81. The maximum absolute atomic E-state index is 11.8. The summed E-state index contributed by atoms with van der Waals surface area (Å²) in [5, 5.41) is 11.7. The number of furan rings is 1. The van der Waals surface area contributed by atoms with Gasteiger partial charge in [0.1, 0.15) is 5.76 Å². The van der Waals surface area contributed by atoms with E-state index < -0.39 is 0 Å². The summed E-state index contributed by atoms with van der Waals surface area (Å²) < 4.78 is 10.8. The molecule has 20 heavy (non-hydrogen) atoms. The van der Waals surface area contributed by atoms with Crippen molar-refractivity contribution in [3.8, 4) is 0 Å². The second kappa shape index (κ2) is 7.26. The van der Waals surface area contributed by atoms with Gasteiger partial charge in [0.25, 0.3) is 0 Å². The molecule has 1 aromatic heterocycles. The molecule has 1 aromatic rings. The fourth-order valence-corrected chi connectivity index (χ4v) is 2.50. The molecule has 1 fully saturated rings. The van der Waals surface area contributed by atoms with Gasteiger partial charge < -0.3 is 19.6 Å². The van der Waals surface area contributed by atoms with E-state index in [9.17, 15) is 4.79 Å². The first-order valence-corrected chi connectivity index (χ1v) is 6.98. The van der Waals surface area contributed by atoms with Crippen LogP contribution >= 0.6 is 0 Å². The lowest BCUT2D eigenvalue weighted by molar-refractivity contribution is -0.118. The van der Waals surface area contributed by atoms with Crippen molar-refractivity contribution in [2.45, 2.75) is 31.3 Å². The molecule has 1 saturated carbocycles. The number of hydrogen-bond acceptors (Lipinski definition) is 4. The Labute approximate surface area is 118 Å². The van der Waals surface area contributed by atoms with E-state index in [2.05, 4.69) is 5.32 Å². The minimum absolute atomic E-state index is 0.00803. The normalized spacial score (nSPS) is 17.6. The van der Waals surface area contributed by atoms with Crippen molar-refractivity contribution in [2.24, 2.45) is 0 Å². The Hall–Kier alpha value is -1.59. The Morgan fingerprint density at radius 3 is 2.95 bits per heavy atom. The lowest BCUT2D eigenvalue weighted by Crippen LogP contribution is -2.43. The van der Waals surface area contributed by atoms with Crippen LogP contribution in [0.1, 0.15) is 31.4 Å². The highest BCUT2D eigenvalue weighted by molar-refractivity contribution is 5.91. The topological polar surface area (TPSA) is 71.7 Å². The van der Waals surface area contributed by atoms with Crippen molar-refractivity contribution in [1.29, 1.82) is 0 Å². The number of rotatable bonds is 7. The van der Waals surface area contributed by atoms with Gasteiger partial charge in [-0.05, 0) is 31.1 Å². The number of ether oxygens (including phenoxy) is 1. The fourth-order valence-electron chi connectivity index (χ4n) is 2.50. The van der Waals surface area contributed by atoms with Crippen LogP contribution in [0.5, 0.6) is 0 Å². The third-order valence-electron chi connectivity index (χ3n) is 3.54. The van der Waals surface area contributed by atoms with Gasteiger partial charge in [-0.3, -0.25) is 4.79 Å². The van der Waals surface area contributed by atoms with Crippen LogP contribution in [0, 0.1) is 0 Å². The SMILES string of the molecule is O=C(C=Cc1ccco1)NCC1(OCCO)CCCC1. The van der Waals surface area contributed by atoms with Crippen LogP contribution in [0.25, 0.3) is 6.08 Å². The summed E-state index contributed by atoms with van der Waals surface area (Å²) >= 11 is 0. The van der Waals surface area contributed by atoms with E-state index in [-0.39, 0.29) is 18.1 Å². The zero-order valence-electron chi connectivity index (χ0n) is 11.5. The fraction of sp³-hybridized carbons (Fsp3) is 0.533. The highest BCUT2D eigenvalue weighted by atomic mass is 16.5. The molecule has 0 bridgehead atoms. The predicted octanol–water partition coefficient (Wildman–Crippen LogP) is 1.73. The van der Waals surface area contributed by atoms with Gasteiger partial charge in [-0.2, -0.15) is 0 Å². The third kappa shape index (κ3) is 4.21. The van der Waals surface area contributed by atoms with Crippen LogP contribution in [0.2, 0.25) is 0 Å². The van der Waals surface area contributed by atoms with Crippen LogP contribution in [0.4, 0.5) is 0 Å². The van der Waals surface area contributed by atoms with E-state index in [4.69, 9.17) is 14.3 Å². The summed E-state index contributed by atoms with van der Waals surface area (Å²) in [6.07, 6.45) is 8.70. The molecule has 0 spiro atoms. The van der Waals surface area contributed by atoms with Gasteiger partial charge in [0.15, 0.2) is 0 Å². The molecule has 0 saturated heterocycles. The van der Waals surface area contributed by atoms with Gasteiger partial charge in [0.2, 0.25) is 5.91 Å². The lowest BCUT2D eigenvalue weighted by Gasteiger charge is -2.29. The Kier molecular flexibility index (Phi) is 5.38. The Bertz CT molecular complexity index is 433. The lowest BCUT2D eigenvalue weighted by atomic mass is 10.0. The Morgan fingerprint density at radius 2 is 2.30 bits per heavy atom. The quantitative estimate of drug-likeness (QED) is 0.746. The minimum Gasteiger partial charge on any atom is -0.465 e. The van der Waals surface area contributed by atoms with Crippen LogP contribution in [0.3, 0.4) is 0 Å². The first-order chi connectivity index (χ1) is 9.74. The molecule has 1 aliphatic rings. The average molecular weight is 279 g/mol. The van der Waals surface area contributed by atoms with Gasteiger partial charge in [0, 0.05) is 12.6 Å². The molecule has 0 atom stereocenters. The van der Waals surface area contributed by atoms with Crippen LogP contribution in [-0.2, 0) is 9.53 Å². The zero-order valence-corrected chi connectivity index (χ0v) is 11.5. The van der Waals surface area contributed by atoms with Gasteiger partial charge >= 0.3 is 0 Å². The standard InChI is InChI=1S/C15H21NO4/c17-9-11-20-15(7-1-2-8-15)12-16-14(18)6-5-13-4-3-10-19-13/h3-6,10,17H,1-2,7-9,11-12H2,(H,16,18). The monoisotopic (exact) mass is 279 g/mol. The number of aliphatic hydroxyl groups is 1. The van der Waals surface area contributed by atoms with Gasteiger partial charge in [-0.25, -0.2) is 0 Å². The number of aliphatic hydroxyl groups excluding tert-OH is 1. The second-order valence-corrected chi connectivity index (χ2v) is 5.03. The molecule has 0 aromatic carbocycles. The minimum atomic E-state index is -0.309. The van der Waals surface area contributed by atoms with Crippen LogP contribution in [-0.4, -0.2) is 36.4 Å². The number of carbonyl (C=O) groups excluding carboxylic acids is 1. The van der Waals surface area contributed by atoms with Gasteiger partial charge in [-0.1, -0.05) is 12.8 Å². The van der Waals surface area contributed by atoms with E-state index in [0.717, 1.165) is 25.7 Å². The van der Waals surface area contributed by atoms with E-state index in [1.54, 1.807) is 24.5 Å². The largest absolute Gasteiger partial charge is 0.465 e. The molecule has 5 heteroatoms. The molecule has 1 aliphatic carbocycles. The van der Waals surface area contributed by atoms with Gasteiger partial charge in [0.05, 0.1) is 25.1 Å². The molecular formula is C15H21NO4. The van der Waals surface area contributed by atoms with Gasteiger partial charge in [-0.15, -0.1) is 0 Å². The summed E-state index contributed by atoms with van der Waals surface area (Å²) in [6.45, 7) is 0.806. The molecule has 5 nitrogen and oxygen atoms in total. The first kappa shape index (κ1) is 14.8. The maximum atomic E-state index is 11.8. The molecule has 0 radical (unpaired) electrons. The van der Waals surface area contributed by atoms with Crippen molar-refractivity contribution in [3.05, 3.63) is 30.2 Å². The van der Waals surface area contributed by atoms with E-state index in [1.807, 2.05) is 0 Å². The van der Waals surface area contributed by atoms with E-state index in [0.29, 0.717) is 18.9 Å². The van der Waals surface area contributed by atoms with Crippen LogP contribution in [0.15, 0.2) is 28.9 Å². The van der Waals surface area contributed by atoms with E-state index in [1.165, 1.54) is 6.08 Å². The third-order valence-corrected chi connectivity index (χ3v) is 3.54. The molecule has 0 unspecified atom stereocenters. The molecular weight excluding hydrogens is 258 g/mol. The maximum Gasteiger partial charge on any atom is 0.244 e. The molecule has 1 amide bonds. The zero-order chi connectivity index (χ0) is 14.3. The Morgan fingerprint density at radius 1 is 1.50 bits per heavy atom. The molecule has 1 heterocycles. The number of hydrogen-bond donors (Lipinski definition) is 2. The van der Waals surface area contributed by atoms with Crippen molar-refractivity contribution in [1.82, 2.24) is 5.32 Å². The summed E-state index contributed by atoms with van der Waals surface area (Å²) in [7, 11) is 0. The molecule has 2 N–H and O–H groups in total. The highest BCUT2D eigenvalue weighted by Gasteiger charge is 2.34. The molecule has 0 aliphatic heterocycles. The van der Waals surface area contributed by atoms with Crippen molar-refractivity contribution in [3.63, 3.8) is 0 Å². The van der Waals surface area contributed by atoms with Crippen molar-refractivity contribution in [2.75, 3.05) is 19.8 Å². The highest BCUT2D eigenvalue weighted by Crippen LogP contribution is 2.32. The summed E-state index contributed by atoms with van der Waals surface area (Å²) in [4.78, 5) is 11.8. The first-order valence-electron chi connectivity index (χ1n) is 6.98. The number of amides is 1. The second-order valence-electron chi connectivity index (χ2n) is 5.03. The number of nitrogens with one attached hydrogen (secondary N) is 1. The molecule has 2 rings (SSSR count). The summed E-state index contributed by atoms with van der Waals surface area (Å²) in [6, 6.07) is 3.56. The van der Waals surface area contributed by atoms with E-state index >= 15 is 0 Å².